The summed E-state index contributed by atoms with van der Waals surface area (Å²) in [6.07, 6.45) is 9.45. The molecule has 9 fully saturated rings. The number of esters is 2. The fourth-order valence-electron chi connectivity index (χ4n) is 16.1. The van der Waals surface area contributed by atoms with Crippen molar-refractivity contribution in [2.24, 2.45) is 63.6 Å². The Hall–Kier alpha value is -2.77. The Bertz CT molecular complexity index is 1930. The van der Waals surface area contributed by atoms with Crippen LogP contribution in [0.2, 0.25) is 0 Å². The summed E-state index contributed by atoms with van der Waals surface area (Å²) < 4.78 is 32.3. The second kappa shape index (κ2) is 12.6. The van der Waals surface area contributed by atoms with Crippen LogP contribution >= 0.6 is 0 Å². The van der Waals surface area contributed by atoms with Gasteiger partial charge in [0.15, 0.2) is 11.9 Å². The Morgan fingerprint density at radius 2 is 1.84 bits per heavy atom. The second-order valence-electron chi connectivity index (χ2n) is 21.5. The van der Waals surface area contributed by atoms with Crippen LogP contribution in [0.25, 0.3) is 0 Å². The molecular formula is C46H62N2O10. The van der Waals surface area contributed by atoms with Crippen molar-refractivity contribution in [2.75, 3.05) is 19.8 Å². The summed E-state index contributed by atoms with van der Waals surface area (Å²) in [5, 5.41) is 27.9. The van der Waals surface area contributed by atoms with Crippen molar-refractivity contribution in [3.63, 3.8) is 0 Å². The maximum Gasteiger partial charge on any atom is 0.339 e. The number of aliphatic hydroxyl groups excluding tert-OH is 2. The van der Waals surface area contributed by atoms with E-state index >= 15 is 4.79 Å². The van der Waals surface area contributed by atoms with E-state index in [4.69, 9.17) is 23.4 Å². The van der Waals surface area contributed by atoms with E-state index in [1.165, 1.54) is 6.42 Å². The summed E-state index contributed by atoms with van der Waals surface area (Å²) in [5.74, 6) is 0.937. The summed E-state index contributed by atoms with van der Waals surface area (Å²) in [4.78, 5) is 44.7. The molecule has 18 atom stereocenters. The van der Waals surface area contributed by atoms with Crippen LogP contribution in [0.3, 0.4) is 0 Å². The van der Waals surface area contributed by atoms with E-state index in [0.29, 0.717) is 61.3 Å². The van der Waals surface area contributed by atoms with Gasteiger partial charge in [-0.1, -0.05) is 33.8 Å². The Morgan fingerprint density at radius 3 is 2.66 bits per heavy atom. The molecule has 0 radical (unpaired) electrons. The summed E-state index contributed by atoms with van der Waals surface area (Å²) in [5.41, 5.74) is -4.24. The van der Waals surface area contributed by atoms with Gasteiger partial charge in [0.1, 0.15) is 30.2 Å². The molecule has 1 aromatic heterocycles. The number of ether oxygens (including phenoxy) is 4. The average molecular weight is 803 g/mol. The molecule has 11 rings (SSSR count). The van der Waals surface area contributed by atoms with Crippen molar-refractivity contribution in [1.82, 2.24) is 10.2 Å². The lowest BCUT2D eigenvalue weighted by Crippen LogP contribution is -2.76. The van der Waals surface area contributed by atoms with E-state index in [0.717, 1.165) is 50.2 Å². The largest absolute Gasteiger partial charge is 0.469 e. The molecule has 4 saturated carbocycles. The van der Waals surface area contributed by atoms with Gasteiger partial charge in [-0.3, -0.25) is 14.9 Å². The van der Waals surface area contributed by atoms with Gasteiger partial charge in [0.2, 0.25) is 0 Å². The number of nitrogens with one attached hydrogen (secondary N) is 1. The van der Waals surface area contributed by atoms with Gasteiger partial charge in [0.05, 0.1) is 43.1 Å². The van der Waals surface area contributed by atoms with E-state index in [9.17, 15) is 19.8 Å². The van der Waals surface area contributed by atoms with Crippen molar-refractivity contribution >= 4 is 17.7 Å². The second-order valence-corrected chi connectivity index (χ2v) is 21.5. The number of Topliss-reactive ketones (excluding diaryl/α,β-unsaturated/α-hetero) is 1. The Labute approximate surface area is 341 Å². The number of fused-ring (bicyclic) bond motifs is 5. The Kier molecular flexibility index (Phi) is 8.32. The lowest BCUT2D eigenvalue weighted by atomic mass is 9.36. The van der Waals surface area contributed by atoms with E-state index in [1.54, 1.807) is 6.26 Å². The molecule has 0 bridgehead atoms. The molecular weight excluding hydrogens is 741 g/mol. The van der Waals surface area contributed by atoms with Crippen molar-refractivity contribution < 1.29 is 48.0 Å². The van der Waals surface area contributed by atoms with Crippen molar-refractivity contribution in [3.8, 4) is 0 Å². The molecule has 1 aromatic rings. The monoisotopic (exact) mass is 802 g/mol. The van der Waals surface area contributed by atoms with E-state index < -0.39 is 69.9 Å². The zero-order valence-corrected chi connectivity index (χ0v) is 34.7. The normalized spacial score (nSPS) is 52.3. The fraction of sp³-hybridized carbons (Fsp3) is 0.804. The van der Waals surface area contributed by atoms with Gasteiger partial charge in [0, 0.05) is 40.8 Å². The molecule has 0 aromatic carbocycles. The lowest BCUT2D eigenvalue weighted by Gasteiger charge is -2.66. The minimum Gasteiger partial charge on any atom is -0.469 e. The summed E-state index contributed by atoms with van der Waals surface area (Å²) >= 11 is 0. The summed E-state index contributed by atoms with van der Waals surface area (Å²) in [6.45, 7) is 12.3. The third-order valence-electron chi connectivity index (χ3n) is 18.7. The number of carbonyl (C=O) groups excluding carboxylic acids is 3. The number of epoxide rings is 1. The number of carbonyl (C=O) groups is 3. The zero-order valence-electron chi connectivity index (χ0n) is 34.7. The predicted octanol–water partition coefficient (Wildman–Crippen LogP) is 4.86. The molecule has 4 aliphatic carbocycles. The Balaban J connectivity index is 0.932. The highest BCUT2D eigenvalue weighted by Gasteiger charge is 2.91. The molecule has 3 N–H and O–H groups in total. The molecule has 10 aliphatic rings. The van der Waals surface area contributed by atoms with E-state index in [1.807, 2.05) is 19.9 Å². The Morgan fingerprint density at radius 1 is 1.02 bits per heavy atom. The minimum atomic E-state index is -1.43. The number of rotatable bonds is 6. The number of nitrogens with zero attached hydrogens (tertiary/aromatic N) is 1. The number of cyclic esters (lactones) is 2. The molecule has 5 saturated heterocycles. The lowest BCUT2D eigenvalue weighted by molar-refractivity contribution is -0.252. The van der Waals surface area contributed by atoms with Crippen molar-refractivity contribution in [2.45, 2.75) is 147 Å². The van der Waals surface area contributed by atoms with E-state index in [-0.39, 0.29) is 36.6 Å². The number of ketones is 1. The topological polar surface area (TPSA) is 160 Å². The predicted molar refractivity (Wildman–Crippen MR) is 207 cm³/mol. The molecule has 6 aliphatic heterocycles. The molecule has 0 unspecified atom stereocenters. The first kappa shape index (κ1) is 38.2. The van der Waals surface area contributed by atoms with Crippen molar-refractivity contribution in [1.29, 1.82) is 0 Å². The van der Waals surface area contributed by atoms with Gasteiger partial charge in [-0.15, -0.1) is 0 Å². The molecule has 316 valence electrons. The zero-order chi connectivity index (χ0) is 40.3. The van der Waals surface area contributed by atoms with Gasteiger partial charge < -0.3 is 38.5 Å². The highest BCUT2D eigenvalue weighted by Crippen LogP contribution is 2.80. The first-order valence-electron chi connectivity index (χ1n) is 22.5. The van der Waals surface area contributed by atoms with Crippen LogP contribution in [0, 0.1) is 63.6 Å². The maximum absolute atomic E-state index is 15.1. The SMILES string of the molecule is CC(C)CC[C@]1(C)O[C@H]2CC(=O)OC[C@]23[C@H]2CC[C@@]4(C)[C@H](c5ccoc5C[C@H]5[C@H]6C[C@H]7C=CN8CNC[C@H]8[C@@H]7C[C@@H]6CC[C@@H]5O)OC(=O)[C@H]5O[C@]54[C@]2(C)[C@H](O)C(=O)[C@@H]31. The molecule has 58 heavy (non-hydrogen) atoms. The van der Waals surface area contributed by atoms with Gasteiger partial charge in [-0.25, -0.2) is 4.79 Å². The number of allylic oxidation sites excluding steroid dienone is 1. The van der Waals surface area contributed by atoms with Gasteiger partial charge in [-0.2, -0.15) is 0 Å². The third-order valence-corrected chi connectivity index (χ3v) is 18.7. The quantitative estimate of drug-likeness (QED) is 0.266. The van der Waals surface area contributed by atoms with Crippen LogP contribution < -0.4 is 5.32 Å². The number of hydrogen-bond donors (Lipinski definition) is 3. The standard InChI is InChI=1S/C46H62N2O10/c1-23(2)8-13-43(4)37-36(51)38(52)44(5)33(45(37)21-55-35(50)19-34(45)57-43)9-12-42(3)39(56-41(53)40-46(42,44)58-40)26-11-15-54-32(26)18-29-27-16-25-10-14-48-22-47-20-30(48)28(25)17-24(27)6-7-31(29)49/h10-11,14-15,23-25,27-31,33-34,37-40,47,49,52H,6-9,12-13,16-22H2,1-5H3/t24-,25+,27-,28+,29-,30-,31-,33-,34-,37+,38+,39-,40+,42-,43-,44-,45-,46+/m0/s1. The average Bonchev–Trinajstić information content (AvgIpc) is 3.43. The highest BCUT2D eigenvalue weighted by atomic mass is 16.7. The molecule has 0 amide bonds. The van der Waals surface area contributed by atoms with E-state index in [2.05, 4.69) is 43.3 Å². The smallest absolute Gasteiger partial charge is 0.339 e. The molecule has 2 spiro atoms. The maximum atomic E-state index is 15.1. The third kappa shape index (κ3) is 4.73. The summed E-state index contributed by atoms with van der Waals surface area (Å²) in [7, 11) is 0. The molecule has 7 heterocycles. The fourth-order valence-corrected chi connectivity index (χ4v) is 16.1. The highest BCUT2D eigenvalue weighted by molar-refractivity contribution is 5.92. The molecule has 12 nitrogen and oxygen atoms in total. The van der Waals surface area contributed by atoms with Crippen LogP contribution in [-0.2, 0) is 39.8 Å². The van der Waals surface area contributed by atoms with Crippen LogP contribution in [-0.4, -0.2) is 94.3 Å². The first-order valence-corrected chi connectivity index (χ1v) is 22.5. The van der Waals surface area contributed by atoms with Gasteiger partial charge in [0.25, 0.3) is 0 Å². The number of hydrogen-bond acceptors (Lipinski definition) is 12. The number of aliphatic hydroxyl groups is 2. The first-order chi connectivity index (χ1) is 27.7. The van der Waals surface area contributed by atoms with Crippen LogP contribution in [0.5, 0.6) is 0 Å². The van der Waals surface area contributed by atoms with Crippen molar-refractivity contribution in [3.05, 3.63) is 35.9 Å². The minimum absolute atomic E-state index is 0.00380. The number of furan rings is 1. The summed E-state index contributed by atoms with van der Waals surface area (Å²) in [6, 6.07) is 2.45. The van der Waals surface area contributed by atoms with Gasteiger partial charge in [-0.05, 0) is 112 Å². The van der Waals surface area contributed by atoms with Crippen LogP contribution in [0.4, 0.5) is 0 Å². The molecule has 12 heteroatoms. The van der Waals surface area contributed by atoms with Crippen LogP contribution in [0.1, 0.15) is 110 Å². The van der Waals surface area contributed by atoms with Crippen LogP contribution in [0.15, 0.2) is 29.0 Å². The van der Waals surface area contributed by atoms with Gasteiger partial charge >= 0.3 is 11.9 Å².